The molecule has 3 heteroatoms. The van der Waals surface area contributed by atoms with E-state index in [1.54, 1.807) is 0 Å². The van der Waals surface area contributed by atoms with Gasteiger partial charge < -0.3 is 4.74 Å². The Morgan fingerprint density at radius 3 is 2.42 bits per heavy atom. The third-order valence-electron chi connectivity index (χ3n) is 1.28. The van der Waals surface area contributed by atoms with Gasteiger partial charge in [-0.3, -0.25) is 4.79 Å². The van der Waals surface area contributed by atoms with Crippen LogP contribution in [0.1, 0.15) is 12.5 Å². The van der Waals surface area contributed by atoms with Crippen molar-refractivity contribution in [3.63, 3.8) is 0 Å². The maximum absolute atomic E-state index is 10.4. The van der Waals surface area contributed by atoms with Crippen molar-refractivity contribution in [3.8, 4) is 0 Å². The Balaban J connectivity index is 0.00000121. The van der Waals surface area contributed by atoms with Crippen LogP contribution in [0.3, 0.4) is 0 Å². The van der Waals surface area contributed by atoms with Crippen molar-refractivity contribution in [2.75, 3.05) is 0 Å². The number of hydrogen-bond acceptors (Lipinski definition) is 2. The topological polar surface area (TPSA) is 26.3 Å². The van der Waals surface area contributed by atoms with Gasteiger partial charge in [-0.1, -0.05) is 30.3 Å². The fraction of sp³-hybridized carbons (Fsp3) is 0.222. The second-order valence-electron chi connectivity index (χ2n) is 2.27. The number of rotatable bonds is 2. The van der Waals surface area contributed by atoms with E-state index in [1.165, 1.54) is 6.92 Å². The molecule has 1 aromatic rings. The van der Waals surface area contributed by atoms with E-state index in [-0.39, 0.29) is 33.6 Å². The van der Waals surface area contributed by atoms with E-state index < -0.39 is 0 Å². The molecule has 0 spiro atoms. The first-order chi connectivity index (χ1) is 5.29. The molecule has 12 heavy (non-hydrogen) atoms. The Hall–Kier alpha value is -0.375. The van der Waals surface area contributed by atoms with E-state index >= 15 is 0 Å². The van der Waals surface area contributed by atoms with Gasteiger partial charge in [0, 0.05) is 34.6 Å². The second-order valence-corrected chi connectivity index (χ2v) is 2.27. The van der Waals surface area contributed by atoms with E-state index in [9.17, 15) is 4.79 Å². The Bertz CT molecular complexity index is 234. The Morgan fingerprint density at radius 1 is 1.33 bits per heavy atom. The molecule has 0 aliphatic carbocycles. The first-order valence-corrected chi connectivity index (χ1v) is 3.46. The summed E-state index contributed by atoms with van der Waals surface area (Å²) < 4.78 is 4.79. The molecule has 0 unspecified atom stereocenters. The molecule has 0 fully saturated rings. The van der Waals surface area contributed by atoms with Gasteiger partial charge in [0.15, 0.2) is 0 Å². The van der Waals surface area contributed by atoms with Crippen LogP contribution >= 0.6 is 0 Å². The minimum Gasteiger partial charge on any atom is -0.461 e. The van der Waals surface area contributed by atoms with Gasteiger partial charge in [-0.05, 0) is 5.56 Å². The molecular formula is C9H10HgO2. The zero-order chi connectivity index (χ0) is 8.10. The molecule has 0 saturated carbocycles. The zero-order valence-electron chi connectivity index (χ0n) is 7.12. The van der Waals surface area contributed by atoms with Crippen LogP contribution in [0.15, 0.2) is 30.3 Å². The molecular weight excluding hydrogens is 341 g/mol. The molecule has 0 aliphatic rings. The summed E-state index contributed by atoms with van der Waals surface area (Å²) in [4.78, 5) is 10.4. The molecule has 0 N–H and O–H groups in total. The van der Waals surface area contributed by atoms with E-state index in [0.29, 0.717) is 6.61 Å². The summed E-state index contributed by atoms with van der Waals surface area (Å²) >= 11 is 0. The van der Waals surface area contributed by atoms with Crippen LogP contribution in [0, 0.1) is 0 Å². The Labute approximate surface area is 92.4 Å². The zero-order valence-corrected chi connectivity index (χ0v) is 12.6. The molecule has 1 aromatic carbocycles. The standard InChI is InChI=1S/C9H10O2.Hg/c1-8(10)11-7-9-5-3-2-4-6-9;/h2-6H,7H2,1H3;. The van der Waals surface area contributed by atoms with Crippen LogP contribution in [0.25, 0.3) is 0 Å². The third-order valence-corrected chi connectivity index (χ3v) is 1.28. The van der Waals surface area contributed by atoms with Crippen molar-refractivity contribution in [2.45, 2.75) is 13.5 Å². The maximum atomic E-state index is 10.4. The fourth-order valence-electron chi connectivity index (χ4n) is 0.759. The van der Waals surface area contributed by atoms with Crippen molar-refractivity contribution in [1.82, 2.24) is 0 Å². The predicted molar refractivity (Wildman–Crippen MR) is 41.9 cm³/mol. The number of hydrogen-bond donors (Lipinski definition) is 0. The molecule has 1 rings (SSSR count). The molecule has 0 amide bonds. The smallest absolute Gasteiger partial charge is 0.302 e. The molecule has 0 heterocycles. The summed E-state index contributed by atoms with van der Waals surface area (Å²) in [5.74, 6) is -0.242. The van der Waals surface area contributed by atoms with Crippen LogP contribution in [0.4, 0.5) is 0 Å². The van der Waals surface area contributed by atoms with Gasteiger partial charge in [0.2, 0.25) is 0 Å². The monoisotopic (exact) mass is 352 g/mol. The summed E-state index contributed by atoms with van der Waals surface area (Å²) in [6, 6.07) is 9.60. The maximum Gasteiger partial charge on any atom is 0.302 e. The minimum absolute atomic E-state index is 0. The molecule has 2 nitrogen and oxygen atoms in total. The Morgan fingerprint density at radius 2 is 1.92 bits per heavy atom. The van der Waals surface area contributed by atoms with Gasteiger partial charge >= 0.3 is 5.97 Å². The first kappa shape index (κ1) is 11.6. The fourth-order valence-corrected chi connectivity index (χ4v) is 0.759. The van der Waals surface area contributed by atoms with Crippen molar-refractivity contribution in [3.05, 3.63) is 35.9 Å². The van der Waals surface area contributed by atoms with Gasteiger partial charge in [-0.25, -0.2) is 0 Å². The van der Waals surface area contributed by atoms with Crippen molar-refractivity contribution < 1.29 is 37.2 Å². The minimum atomic E-state index is -0.242. The molecule has 0 saturated heterocycles. The summed E-state index contributed by atoms with van der Waals surface area (Å²) in [5, 5.41) is 0. The van der Waals surface area contributed by atoms with E-state index in [1.807, 2.05) is 30.3 Å². The summed E-state index contributed by atoms with van der Waals surface area (Å²) in [6.45, 7) is 1.78. The molecule has 0 bridgehead atoms. The average molecular weight is 351 g/mol. The number of esters is 1. The van der Waals surface area contributed by atoms with Gasteiger partial charge in [0.1, 0.15) is 6.61 Å². The number of benzene rings is 1. The van der Waals surface area contributed by atoms with Gasteiger partial charge in [-0.15, -0.1) is 0 Å². The number of carbonyl (C=O) groups is 1. The van der Waals surface area contributed by atoms with E-state index in [2.05, 4.69) is 0 Å². The molecule has 60 valence electrons. The quantitative estimate of drug-likeness (QED) is 0.600. The third kappa shape index (κ3) is 4.49. The van der Waals surface area contributed by atoms with E-state index in [4.69, 9.17) is 4.74 Å². The number of carbonyl (C=O) groups excluding carboxylic acids is 1. The molecule has 0 atom stereocenters. The van der Waals surface area contributed by atoms with Gasteiger partial charge in [0.05, 0.1) is 0 Å². The number of ether oxygens (including phenoxy) is 1. The van der Waals surface area contributed by atoms with Crippen LogP contribution in [0.2, 0.25) is 0 Å². The van der Waals surface area contributed by atoms with Crippen LogP contribution in [-0.2, 0) is 43.8 Å². The Kier molecular flexibility index (Phi) is 5.98. The summed E-state index contributed by atoms with van der Waals surface area (Å²) in [5.41, 5.74) is 1.02. The molecule has 0 aromatic heterocycles. The van der Waals surface area contributed by atoms with Crippen molar-refractivity contribution >= 4 is 5.97 Å². The summed E-state index contributed by atoms with van der Waals surface area (Å²) in [6.07, 6.45) is 0. The van der Waals surface area contributed by atoms with E-state index in [0.717, 1.165) is 5.56 Å². The summed E-state index contributed by atoms with van der Waals surface area (Å²) in [7, 11) is 0. The van der Waals surface area contributed by atoms with Crippen molar-refractivity contribution in [1.29, 1.82) is 0 Å². The molecule has 0 radical (unpaired) electrons. The van der Waals surface area contributed by atoms with Crippen LogP contribution in [0.5, 0.6) is 0 Å². The van der Waals surface area contributed by atoms with Crippen LogP contribution in [-0.4, -0.2) is 5.97 Å². The first-order valence-electron chi connectivity index (χ1n) is 3.46. The average Bonchev–Trinajstić information content (AvgIpc) is 2.03. The van der Waals surface area contributed by atoms with Gasteiger partial charge in [0.25, 0.3) is 0 Å². The molecule has 0 aliphatic heterocycles. The largest absolute Gasteiger partial charge is 0.461 e. The SMILES string of the molecule is CC(=O)OCc1ccccc1.[Hg]. The van der Waals surface area contributed by atoms with Gasteiger partial charge in [-0.2, -0.15) is 0 Å². The van der Waals surface area contributed by atoms with Crippen LogP contribution < -0.4 is 0 Å². The second kappa shape index (κ2) is 6.18. The normalized spacial score (nSPS) is 8.42. The predicted octanol–water partition coefficient (Wildman–Crippen LogP) is 1.75. The van der Waals surface area contributed by atoms with Crippen molar-refractivity contribution in [2.24, 2.45) is 0 Å².